The molecule has 6 nitrogen and oxygen atoms in total. The zero-order chi connectivity index (χ0) is 14.4. The number of carbonyl (C=O) groups excluding carboxylic acids is 1. The van der Waals surface area contributed by atoms with Crippen molar-refractivity contribution >= 4 is 29.3 Å². The molecule has 0 aliphatic carbocycles. The van der Waals surface area contributed by atoms with E-state index in [2.05, 4.69) is 10.4 Å². The van der Waals surface area contributed by atoms with Gasteiger partial charge in [0.15, 0.2) is 0 Å². The Hall–Kier alpha value is -2.41. The molecule has 2 aromatic rings. The monoisotopic (exact) mass is 291 g/mol. The van der Waals surface area contributed by atoms with E-state index in [4.69, 9.17) is 5.11 Å². The van der Waals surface area contributed by atoms with Gasteiger partial charge < -0.3 is 10.4 Å². The summed E-state index contributed by atoms with van der Waals surface area (Å²) in [5.74, 6) is -1.14. The Morgan fingerprint density at radius 3 is 3.05 bits per heavy atom. The van der Waals surface area contributed by atoms with Gasteiger partial charge in [0, 0.05) is 23.3 Å². The van der Waals surface area contributed by atoms with Crippen LogP contribution in [0.5, 0.6) is 0 Å². The number of carboxylic acid groups (broad SMARTS) is 1. The molecule has 0 radical (unpaired) electrons. The summed E-state index contributed by atoms with van der Waals surface area (Å²) >= 11 is 1.47. The molecule has 0 atom stereocenters. The highest BCUT2D eigenvalue weighted by molar-refractivity contribution is 7.10. The van der Waals surface area contributed by atoms with Crippen LogP contribution >= 0.6 is 11.3 Å². The van der Waals surface area contributed by atoms with Gasteiger partial charge >= 0.3 is 5.97 Å². The first-order valence-electron chi connectivity index (χ1n) is 5.86. The van der Waals surface area contributed by atoms with Crippen molar-refractivity contribution in [3.63, 3.8) is 0 Å². The highest BCUT2D eigenvalue weighted by Crippen LogP contribution is 2.18. The maximum Gasteiger partial charge on any atom is 0.328 e. The van der Waals surface area contributed by atoms with Crippen LogP contribution in [0.15, 0.2) is 36.0 Å². The molecule has 0 spiro atoms. The highest BCUT2D eigenvalue weighted by Gasteiger charge is 2.06. The molecule has 2 rings (SSSR count). The first-order valence-corrected chi connectivity index (χ1v) is 6.74. The number of nitrogens with zero attached hydrogens (tertiary/aromatic N) is 2. The number of carboxylic acids is 1. The lowest BCUT2D eigenvalue weighted by Gasteiger charge is -2.05. The molecule has 0 fully saturated rings. The summed E-state index contributed by atoms with van der Waals surface area (Å²) in [4.78, 5) is 23.1. The fourth-order valence-corrected chi connectivity index (χ4v) is 2.39. The Balaban J connectivity index is 1.89. The minimum Gasteiger partial charge on any atom is -0.478 e. The molecule has 0 saturated heterocycles. The Morgan fingerprint density at radius 2 is 2.35 bits per heavy atom. The molecule has 0 saturated carbocycles. The largest absolute Gasteiger partial charge is 0.478 e. The standard InChI is InChI=1S/C13H13N3O3S/c17-12(9-16-6-1-5-15-16)14-8-11-10(4-7-20-11)2-3-13(18)19/h1-7H,8-9H2,(H,14,17)(H,18,19)/b3-2+. The zero-order valence-corrected chi connectivity index (χ0v) is 11.3. The molecular weight excluding hydrogens is 278 g/mol. The van der Waals surface area contributed by atoms with Crippen LogP contribution in [0.4, 0.5) is 0 Å². The molecule has 1 amide bonds. The second kappa shape index (κ2) is 6.67. The van der Waals surface area contributed by atoms with Gasteiger partial charge in [-0.15, -0.1) is 11.3 Å². The molecule has 0 bridgehead atoms. The molecule has 0 aliphatic heterocycles. The van der Waals surface area contributed by atoms with Crippen LogP contribution in [0.2, 0.25) is 0 Å². The van der Waals surface area contributed by atoms with Crippen molar-refractivity contribution in [2.24, 2.45) is 0 Å². The number of rotatable bonds is 6. The summed E-state index contributed by atoms with van der Waals surface area (Å²) in [5.41, 5.74) is 0.803. The van der Waals surface area contributed by atoms with Gasteiger partial charge in [0.05, 0.1) is 6.54 Å². The number of hydrogen-bond acceptors (Lipinski definition) is 4. The number of thiophene rings is 1. The minimum atomic E-state index is -0.995. The Kier molecular flexibility index (Phi) is 4.67. The first kappa shape index (κ1) is 14.0. The molecule has 2 N–H and O–H groups in total. The second-order valence-electron chi connectivity index (χ2n) is 3.95. The van der Waals surface area contributed by atoms with Crippen molar-refractivity contribution in [1.29, 1.82) is 0 Å². The van der Waals surface area contributed by atoms with E-state index >= 15 is 0 Å². The molecular formula is C13H13N3O3S. The second-order valence-corrected chi connectivity index (χ2v) is 4.95. The van der Waals surface area contributed by atoms with Crippen LogP contribution in [-0.2, 0) is 22.7 Å². The molecule has 2 aromatic heterocycles. The van der Waals surface area contributed by atoms with E-state index in [1.165, 1.54) is 22.1 Å². The summed E-state index contributed by atoms with van der Waals surface area (Å²) in [6.45, 7) is 0.537. The zero-order valence-electron chi connectivity index (χ0n) is 10.5. The maximum atomic E-state index is 11.7. The minimum absolute atomic E-state index is 0.143. The maximum absolute atomic E-state index is 11.7. The number of hydrogen-bond donors (Lipinski definition) is 2. The van der Waals surface area contributed by atoms with Crippen LogP contribution in [0.25, 0.3) is 6.08 Å². The van der Waals surface area contributed by atoms with E-state index in [1.54, 1.807) is 18.5 Å². The van der Waals surface area contributed by atoms with Crippen molar-refractivity contribution in [2.75, 3.05) is 0 Å². The third-order valence-electron chi connectivity index (χ3n) is 2.50. The van der Waals surface area contributed by atoms with Gasteiger partial charge in [-0.2, -0.15) is 5.10 Å². The number of aromatic nitrogens is 2. The Labute approximate surface area is 119 Å². The third-order valence-corrected chi connectivity index (χ3v) is 3.43. The lowest BCUT2D eigenvalue weighted by molar-refractivity contribution is -0.131. The smallest absolute Gasteiger partial charge is 0.328 e. The molecule has 7 heteroatoms. The van der Waals surface area contributed by atoms with E-state index in [0.717, 1.165) is 16.5 Å². The summed E-state index contributed by atoms with van der Waals surface area (Å²) in [5, 5.41) is 17.2. The van der Waals surface area contributed by atoms with Gasteiger partial charge in [0.2, 0.25) is 5.91 Å². The fraction of sp³-hybridized carbons (Fsp3) is 0.154. The van der Waals surface area contributed by atoms with Crippen molar-refractivity contribution in [2.45, 2.75) is 13.1 Å². The van der Waals surface area contributed by atoms with Crippen molar-refractivity contribution in [1.82, 2.24) is 15.1 Å². The summed E-state index contributed by atoms with van der Waals surface area (Å²) < 4.78 is 1.54. The number of nitrogens with one attached hydrogen (secondary N) is 1. The summed E-state index contributed by atoms with van der Waals surface area (Å²) in [6, 6.07) is 3.57. The predicted octanol–water partition coefficient (Wildman–Crippen LogP) is 1.36. The molecule has 0 unspecified atom stereocenters. The average Bonchev–Trinajstić information content (AvgIpc) is 3.04. The molecule has 104 valence electrons. The van der Waals surface area contributed by atoms with Gasteiger partial charge in [-0.25, -0.2) is 4.79 Å². The SMILES string of the molecule is O=C(O)/C=C/c1ccsc1CNC(=O)Cn1cccn1. The van der Waals surface area contributed by atoms with E-state index in [1.807, 2.05) is 11.4 Å². The molecule has 20 heavy (non-hydrogen) atoms. The van der Waals surface area contributed by atoms with Crippen LogP contribution in [-0.4, -0.2) is 26.8 Å². The normalized spacial score (nSPS) is 10.8. The van der Waals surface area contributed by atoms with E-state index < -0.39 is 5.97 Å². The van der Waals surface area contributed by atoms with Crippen LogP contribution in [0, 0.1) is 0 Å². The Morgan fingerprint density at radius 1 is 1.50 bits per heavy atom. The van der Waals surface area contributed by atoms with Crippen molar-refractivity contribution in [3.05, 3.63) is 46.4 Å². The fourth-order valence-electron chi connectivity index (χ4n) is 1.58. The lowest BCUT2D eigenvalue weighted by Crippen LogP contribution is -2.27. The number of aliphatic carboxylic acids is 1. The van der Waals surface area contributed by atoms with Gasteiger partial charge in [0.25, 0.3) is 0 Å². The molecule has 0 aromatic carbocycles. The van der Waals surface area contributed by atoms with Gasteiger partial charge in [-0.05, 0) is 29.2 Å². The molecule has 0 aliphatic rings. The quantitative estimate of drug-likeness (QED) is 0.787. The van der Waals surface area contributed by atoms with Crippen molar-refractivity contribution in [3.8, 4) is 0 Å². The predicted molar refractivity (Wildman–Crippen MR) is 75.1 cm³/mol. The van der Waals surface area contributed by atoms with Gasteiger partial charge in [0.1, 0.15) is 6.54 Å². The topological polar surface area (TPSA) is 84.2 Å². The lowest BCUT2D eigenvalue weighted by atomic mass is 10.2. The third kappa shape index (κ3) is 4.06. The summed E-state index contributed by atoms with van der Waals surface area (Å²) in [7, 11) is 0. The van der Waals surface area contributed by atoms with Gasteiger partial charge in [-0.3, -0.25) is 9.48 Å². The van der Waals surface area contributed by atoms with E-state index in [-0.39, 0.29) is 12.5 Å². The summed E-state index contributed by atoms with van der Waals surface area (Å²) in [6.07, 6.45) is 5.93. The average molecular weight is 291 g/mol. The van der Waals surface area contributed by atoms with Gasteiger partial charge in [-0.1, -0.05) is 0 Å². The van der Waals surface area contributed by atoms with Crippen LogP contribution in [0.1, 0.15) is 10.4 Å². The van der Waals surface area contributed by atoms with E-state index in [0.29, 0.717) is 6.54 Å². The Bertz CT molecular complexity index is 617. The number of carbonyl (C=O) groups is 2. The van der Waals surface area contributed by atoms with Crippen molar-refractivity contribution < 1.29 is 14.7 Å². The van der Waals surface area contributed by atoms with E-state index in [9.17, 15) is 9.59 Å². The van der Waals surface area contributed by atoms with Crippen LogP contribution < -0.4 is 5.32 Å². The first-order chi connectivity index (χ1) is 9.65. The highest BCUT2D eigenvalue weighted by atomic mass is 32.1. The molecule has 2 heterocycles. The number of amides is 1. The van der Waals surface area contributed by atoms with Crippen LogP contribution in [0.3, 0.4) is 0 Å².